The number of nitrogens with one attached hydrogen (secondary N) is 1. The van der Waals surface area contributed by atoms with Gasteiger partial charge in [-0.05, 0) is 24.1 Å². The molecule has 1 aromatic carbocycles. The molecule has 1 aromatic heterocycles. The van der Waals surface area contributed by atoms with Gasteiger partial charge in [-0.15, -0.1) is 0 Å². The number of hydrogen-bond donors (Lipinski definition) is 1. The first-order chi connectivity index (χ1) is 6.83. The van der Waals surface area contributed by atoms with Gasteiger partial charge in [0.2, 0.25) is 0 Å². The van der Waals surface area contributed by atoms with Gasteiger partial charge in [0.1, 0.15) is 5.82 Å². The van der Waals surface area contributed by atoms with Gasteiger partial charge in [-0.3, -0.25) is 0 Å². The van der Waals surface area contributed by atoms with Gasteiger partial charge in [-0.1, -0.05) is 26.8 Å². The standard InChI is InChI=1S/C10H10FN.C2H6.H2/c1-2-7-6-12-9-5-3-4-8(11)10(7)9;1-2;/h3-6,12H,2H2,1H3;1-2H3;1H. The highest BCUT2D eigenvalue weighted by Gasteiger charge is 2.05. The largest absolute Gasteiger partial charge is 0.361 e. The van der Waals surface area contributed by atoms with E-state index in [9.17, 15) is 4.39 Å². The first-order valence-corrected chi connectivity index (χ1v) is 5.07. The molecule has 1 N–H and O–H groups in total. The summed E-state index contributed by atoms with van der Waals surface area (Å²) >= 11 is 0. The normalized spacial score (nSPS) is 9.71. The van der Waals surface area contributed by atoms with E-state index in [-0.39, 0.29) is 7.24 Å². The smallest absolute Gasteiger partial charge is 0.132 e. The van der Waals surface area contributed by atoms with Crippen molar-refractivity contribution in [2.75, 3.05) is 0 Å². The highest BCUT2D eigenvalue weighted by Crippen LogP contribution is 2.21. The lowest BCUT2D eigenvalue weighted by atomic mass is 10.1. The fourth-order valence-corrected chi connectivity index (χ4v) is 1.49. The number of hydrogen-bond acceptors (Lipinski definition) is 0. The molecule has 1 heterocycles. The Morgan fingerprint density at radius 2 is 2.07 bits per heavy atom. The third-order valence-electron chi connectivity index (χ3n) is 2.12. The molecule has 0 aliphatic rings. The van der Waals surface area contributed by atoms with E-state index in [1.54, 1.807) is 6.07 Å². The second kappa shape index (κ2) is 4.80. The van der Waals surface area contributed by atoms with Crippen molar-refractivity contribution in [3.8, 4) is 0 Å². The van der Waals surface area contributed by atoms with E-state index in [2.05, 4.69) is 4.98 Å². The average Bonchev–Trinajstić information content (AvgIpc) is 2.65. The maximum atomic E-state index is 13.2. The van der Waals surface area contributed by atoms with Crippen LogP contribution in [0.5, 0.6) is 0 Å². The van der Waals surface area contributed by atoms with E-state index >= 15 is 0 Å². The number of aryl methyl sites for hydroxylation is 1. The number of aromatic nitrogens is 1. The lowest BCUT2D eigenvalue weighted by Crippen LogP contribution is -1.79. The minimum absolute atomic E-state index is 0. The summed E-state index contributed by atoms with van der Waals surface area (Å²) in [5, 5.41) is 0.736. The van der Waals surface area contributed by atoms with E-state index in [0.717, 1.165) is 22.9 Å². The molecule has 2 rings (SSSR count). The molecule has 0 bridgehead atoms. The van der Waals surface area contributed by atoms with Crippen molar-refractivity contribution in [1.82, 2.24) is 4.98 Å². The molecule has 0 unspecified atom stereocenters. The Morgan fingerprint density at radius 1 is 1.36 bits per heavy atom. The number of rotatable bonds is 1. The summed E-state index contributed by atoms with van der Waals surface area (Å²) in [6, 6.07) is 5.10. The maximum absolute atomic E-state index is 13.2. The Morgan fingerprint density at radius 3 is 2.71 bits per heavy atom. The van der Waals surface area contributed by atoms with Crippen LogP contribution in [0, 0.1) is 5.82 Å². The van der Waals surface area contributed by atoms with Gasteiger partial charge < -0.3 is 4.98 Å². The lowest BCUT2D eigenvalue weighted by molar-refractivity contribution is 0.639. The van der Waals surface area contributed by atoms with Crippen LogP contribution in [0.15, 0.2) is 24.4 Å². The van der Waals surface area contributed by atoms with E-state index in [1.165, 1.54) is 6.07 Å². The number of halogens is 1. The van der Waals surface area contributed by atoms with Crippen LogP contribution in [0.3, 0.4) is 0 Å². The molecule has 1 nitrogen and oxygen atoms in total. The Kier molecular flexibility index (Phi) is 3.69. The van der Waals surface area contributed by atoms with Gasteiger partial charge in [-0.25, -0.2) is 4.39 Å². The van der Waals surface area contributed by atoms with Crippen molar-refractivity contribution in [3.63, 3.8) is 0 Å². The van der Waals surface area contributed by atoms with E-state index in [1.807, 2.05) is 33.0 Å². The van der Waals surface area contributed by atoms with Crippen molar-refractivity contribution in [3.05, 3.63) is 35.8 Å². The Balaban J connectivity index is 0.000000617. The molecule has 0 aliphatic heterocycles. The predicted octanol–water partition coefficient (Wildman–Crippen LogP) is 4.14. The van der Waals surface area contributed by atoms with Crippen LogP contribution in [0.2, 0.25) is 0 Å². The summed E-state index contributed by atoms with van der Waals surface area (Å²) < 4.78 is 13.2. The fourth-order valence-electron chi connectivity index (χ4n) is 1.49. The van der Waals surface area contributed by atoms with Crippen LogP contribution in [0.25, 0.3) is 10.9 Å². The highest BCUT2D eigenvalue weighted by atomic mass is 19.1. The topological polar surface area (TPSA) is 15.8 Å². The van der Waals surface area contributed by atoms with E-state index < -0.39 is 0 Å². The second-order valence-corrected chi connectivity index (χ2v) is 2.83. The monoisotopic (exact) mass is 195 g/mol. The molecule has 0 fully saturated rings. The predicted molar refractivity (Wildman–Crippen MR) is 61.1 cm³/mol. The first kappa shape index (κ1) is 10.8. The minimum Gasteiger partial charge on any atom is -0.361 e. The molecule has 0 aliphatic carbocycles. The quantitative estimate of drug-likeness (QED) is 0.703. The fraction of sp³-hybridized carbons (Fsp3) is 0.333. The van der Waals surface area contributed by atoms with E-state index in [0.29, 0.717) is 0 Å². The summed E-state index contributed by atoms with van der Waals surface area (Å²) in [5.41, 5.74) is 1.93. The summed E-state index contributed by atoms with van der Waals surface area (Å²) in [7, 11) is 0. The van der Waals surface area contributed by atoms with Crippen molar-refractivity contribution in [2.45, 2.75) is 27.2 Å². The minimum atomic E-state index is -0.134. The van der Waals surface area contributed by atoms with Gasteiger partial charge in [0.15, 0.2) is 0 Å². The van der Waals surface area contributed by atoms with Crippen LogP contribution in [-0.4, -0.2) is 4.98 Å². The highest BCUT2D eigenvalue weighted by molar-refractivity contribution is 5.83. The SMILES string of the molecule is CC.CCc1c[nH]c2cccc(F)c12.[HH]. The molecule has 0 atom stereocenters. The molecular formula is C12H18FN. The number of aromatic amines is 1. The summed E-state index contributed by atoms with van der Waals surface area (Å²) in [5.74, 6) is -0.134. The number of fused-ring (bicyclic) bond motifs is 1. The van der Waals surface area contributed by atoms with Gasteiger partial charge in [0.05, 0.1) is 0 Å². The number of H-pyrrole nitrogens is 1. The van der Waals surface area contributed by atoms with Crippen molar-refractivity contribution in [2.24, 2.45) is 0 Å². The second-order valence-electron chi connectivity index (χ2n) is 2.83. The van der Waals surface area contributed by atoms with Gasteiger partial charge >= 0.3 is 0 Å². The van der Waals surface area contributed by atoms with Gasteiger partial charge in [0.25, 0.3) is 0 Å². The molecule has 0 spiro atoms. The van der Waals surface area contributed by atoms with Crippen LogP contribution in [-0.2, 0) is 6.42 Å². The molecule has 14 heavy (non-hydrogen) atoms. The molecule has 2 aromatic rings. The first-order valence-electron chi connectivity index (χ1n) is 5.07. The summed E-state index contributed by atoms with van der Waals surface area (Å²) in [6.07, 6.45) is 2.73. The summed E-state index contributed by atoms with van der Waals surface area (Å²) in [4.78, 5) is 3.04. The third-order valence-corrected chi connectivity index (χ3v) is 2.12. The zero-order valence-corrected chi connectivity index (χ0v) is 8.89. The number of benzene rings is 1. The Hall–Kier alpha value is -1.31. The lowest BCUT2D eigenvalue weighted by Gasteiger charge is -1.94. The molecule has 0 saturated carbocycles. The van der Waals surface area contributed by atoms with Crippen molar-refractivity contribution in [1.29, 1.82) is 0 Å². The molecule has 0 saturated heterocycles. The van der Waals surface area contributed by atoms with Crippen molar-refractivity contribution >= 4 is 10.9 Å². The zero-order valence-electron chi connectivity index (χ0n) is 8.89. The van der Waals surface area contributed by atoms with Crippen LogP contribution in [0.4, 0.5) is 4.39 Å². The van der Waals surface area contributed by atoms with Crippen LogP contribution in [0.1, 0.15) is 27.8 Å². The zero-order chi connectivity index (χ0) is 10.6. The van der Waals surface area contributed by atoms with Crippen LogP contribution >= 0.6 is 0 Å². The van der Waals surface area contributed by atoms with Gasteiger partial charge in [0, 0.05) is 18.5 Å². The molecule has 0 amide bonds. The Bertz CT molecular complexity index is 409. The molecule has 0 radical (unpaired) electrons. The van der Waals surface area contributed by atoms with Crippen LogP contribution < -0.4 is 0 Å². The van der Waals surface area contributed by atoms with Crippen molar-refractivity contribution < 1.29 is 5.82 Å². The van der Waals surface area contributed by atoms with Gasteiger partial charge in [-0.2, -0.15) is 0 Å². The molecule has 2 heteroatoms. The van der Waals surface area contributed by atoms with E-state index in [4.69, 9.17) is 0 Å². The Labute approximate surface area is 85.4 Å². The molecular weight excluding hydrogens is 177 g/mol. The maximum Gasteiger partial charge on any atom is 0.132 e. The molecule has 78 valence electrons. The third kappa shape index (κ3) is 1.79. The summed E-state index contributed by atoms with van der Waals surface area (Å²) in [6.45, 7) is 6.02. The average molecular weight is 195 g/mol.